The summed E-state index contributed by atoms with van der Waals surface area (Å²) in [6, 6.07) is 54.3. The number of aromatic nitrogens is 2. The van der Waals surface area contributed by atoms with Gasteiger partial charge in [-0.25, -0.2) is 9.97 Å². The lowest BCUT2D eigenvalue weighted by atomic mass is 9.89. The zero-order valence-corrected chi connectivity index (χ0v) is 25.7. The lowest BCUT2D eigenvalue weighted by molar-refractivity contribution is 0.667. The zero-order chi connectivity index (χ0) is 31.6. The Bertz CT molecular complexity index is 2830. The second-order valence-electron chi connectivity index (χ2n) is 12.1. The van der Waals surface area contributed by atoms with Crippen LogP contribution in [0.15, 0.2) is 167 Å². The van der Waals surface area contributed by atoms with E-state index in [1.165, 1.54) is 5.56 Å². The summed E-state index contributed by atoms with van der Waals surface area (Å²) in [6.07, 6.45) is 0. The van der Waals surface area contributed by atoms with Gasteiger partial charge in [-0.05, 0) is 51.7 Å². The third-order valence-electron chi connectivity index (χ3n) is 9.29. The average Bonchev–Trinajstić information content (AvgIpc) is 3.73. The third-order valence-corrected chi connectivity index (χ3v) is 9.29. The summed E-state index contributed by atoms with van der Waals surface area (Å²) < 4.78 is 13.3. The van der Waals surface area contributed by atoms with Crippen LogP contribution in [0.5, 0.6) is 0 Å². The SMILES string of the molecule is c1ccc(-c2cccc(-c3c4ccccc4c(-c4nc(-c5ccccc5)c5oc6ccccc6c5n4)c4c3oc3ccccc34)c2)cc1. The summed E-state index contributed by atoms with van der Waals surface area (Å²) in [5, 5.41) is 5.11. The van der Waals surface area contributed by atoms with Gasteiger partial charge >= 0.3 is 0 Å². The molecule has 4 nitrogen and oxygen atoms in total. The fraction of sp³-hybridized carbons (Fsp3) is 0. The van der Waals surface area contributed by atoms with E-state index in [-0.39, 0.29) is 0 Å². The Hall–Kier alpha value is -6.52. The predicted octanol–water partition coefficient (Wildman–Crippen LogP) is 12.1. The van der Waals surface area contributed by atoms with Gasteiger partial charge in [0.2, 0.25) is 0 Å². The quantitative estimate of drug-likeness (QED) is 0.198. The Labute approximate surface area is 275 Å². The first kappa shape index (κ1) is 26.7. The molecule has 7 aromatic carbocycles. The Morgan fingerprint density at radius 1 is 0.375 bits per heavy atom. The number of rotatable bonds is 4. The summed E-state index contributed by atoms with van der Waals surface area (Å²) in [5.41, 5.74) is 11.0. The van der Waals surface area contributed by atoms with Crippen molar-refractivity contribution in [3.8, 4) is 44.9 Å². The van der Waals surface area contributed by atoms with E-state index in [0.717, 1.165) is 82.7 Å². The van der Waals surface area contributed by atoms with Crippen molar-refractivity contribution in [2.75, 3.05) is 0 Å². The smallest absolute Gasteiger partial charge is 0.180 e. The van der Waals surface area contributed by atoms with E-state index in [9.17, 15) is 0 Å². The van der Waals surface area contributed by atoms with Crippen molar-refractivity contribution < 1.29 is 8.83 Å². The normalized spacial score (nSPS) is 11.8. The summed E-state index contributed by atoms with van der Waals surface area (Å²) in [6.45, 7) is 0. The van der Waals surface area contributed by atoms with Gasteiger partial charge < -0.3 is 8.83 Å². The number of para-hydroxylation sites is 2. The van der Waals surface area contributed by atoms with E-state index >= 15 is 0 Å². The molecule has 0 aliphatic heterocycles. The molecule has 0 bridgehead atoms. The maximum absolute atomic E-state index is 6.84. The van der Waals surface area contributed by atoms with Gasteiger partial charge in [0.05, 0.1) is 0 Å². The van der Waals surface area contributed by atoms with Crippen LogP contribution in [0.25, 0.3) is 99.7 Å². The van der Waals surface area contributed by atoms with Crippen LogP contribution >= 0.6 is 0 Å². The van der Waals surface area contributed by atoms with E-state index in [1.807, 2.05) is 54.6 Å². The van der Waals surface area contributed by atoms with Crippen LogP contribution in [-0.4, -0.2) is 9.97 Å². The largest absolute Gasteiger partial charge is 0.455 e. The topological polar surface area (TPSA) is 52.1 Å². The maximum Gasteiger partial charge on any atom is 0.180 e. The minimum Gasteiger partial charge on any atom is -0.455 e. The highest BCUT2D eigenvalue weighted by Crippen LogP contribution is 2.48. The molecule has 10 rings (SSSR count). The van der Waals surface area contributed by atoms with Crippen LogP contribution in [0, 0.1) is 0 Å². The minimum atomic E-state index is 0.630. The molecule has 4 heteroatoms. The maximum atomic E-state index is 6.84. The van der Waals surface area contributed by atoms with Gasteiger partial charge in [0.15, 0.2) is 11.4 Å². The molecular formula is C44H26N2O2. The molecule has 10 aromatic rings. The number of benzene rings is 7. The molecule has 3 aromatic heterocycles. The van der Waals surface area contributed by atoms with Crippen LogP contribution in [-0.2, 0) is 0 Å². The fourth-order valence-corrected chi connectivity index (χ4v) is 7.14. The highest BCUT2D eigenvalue weighted by molar-refractivity contribution is 6.26. The second-order valence-corrected chi connectivity index (χ2v) is 12.1. The van der Waals surface area contributed by atoms with Crippen molar-refractivity contribution >= 4 is 54.8 Å². The van der Waals surface area contributed by atoms with Gasteiger partial charge in [0, 0.05) is 32.8 Å². The van der Waals surface area contributed by atoms with Crippen molar-refractivity contribution in [3.05, 3.63) is 158 Å². The standard InChI is InChI=1S/C44H26N2O2/c1-3-14-27(15-4-1)29-18-13-19-30(26-29)37-31-20-7-8-21-32(31)39(38-33-22-9-11-24-35(33)47-42(37)38)44-45-40(28-16-5-2-6-17-28)43-41(46-44)34-23-10-12-25-36(34)48-43/h1-26H. The molecule has 0 unspecified atom stereocenters. The molecule has 0 radical (unpaired) electrons. The average molecular weight is 615 g/mol. The van der Waals surface area contributed by atoms with Gasteiger partial charge in [-0.2, -0.15) is 0 Å². The molecule has 0 N–H and O–H groups in total. The van der Waals surface area contributed by atoms with Gasteiger partial charge in [0.25, 0.3) is 0 Å². The summed E-state index contributed by atoms with van der Waals surface area (Å²) >= 11 is 0. The highest BCUT2D eigenvalue weighted by atomic mass is 16.3. The molecule has 0 saturated heterocycles. The first-order chi connectivity index (χ1) is 23.8. The number of hydrogen-bond acceptors (Lipinski definition) is 4. The lowest BCUT2D eigenvalue weighted by Gasteiger charge is -2.15. The summed E-state index contributed by atoms with van der Waals surface area (Å²) in [7, 11) is 0. The number of fused-ring (bicyclic) bond motifs is 7. The van der Waals surface area contributed by atoms with Gasteiger partial charge in [0.1, 0.15) is 28.0 Å². The molecule has 0 saturated carbocycles. The van der Waals surface area contributed by atoms with Crippen LogP contribution in [0.3, 0.4) is 0 Å². The van der Waals surface area contributed by atoms with Crippen molar-refractivity contribution in [1.82, 2.24) is 9.97 Å². The first-order valence-electron chi connectivity index (χ1n) is 16.1. The van der Waals surface area contributed by atoms with E-state index < -0.39 is 0 Å². The number of furan rings is 2. The lowest BCUT2D eigenvalue weighted by Crippen LogP contribution is -1.96. The Morgan fingerprint density at radius 2 is 0.917 bits per heavy atom. The molecule has 0 aliphatic rings. The van der Waals surface area contributed by atoms with Crippen LogP contribution in [0.1, 0.15) is 0 Å². The molecule has 3 heterocycles. The van der Waals surface area contributed by atoms with Crippen molar-refractivity contribution in [1.29, 1.82) is 0 Å². The molecule has 224 valence electrons. The molecule has 0 fully saturated rings. The van der Waals surface area contributed by atoms with E-state index in [0.29, 0.717) is 11.4 Å². The first-order valence-corrected chi connectivity index (χ1v) is 16.1. The number of hydrogen-bond donors (Lipinski definition) is 0. The monoisotopic (exact) mass is 614 g/mol. The van der Waals surface area contributed by atoms with E-state index in [4.69, 9.17) is 18.8 Å². The van der Waals surface area contributed by atoms with Gasteiger partial charge in [-0.3, -0.25) is 0 Å². The van der Waals surface area contributed by atoms with Crippen LogP contribution < -0.4 is 0 Å². The Kier molecular flexibility index (Phi) is 5.84. The second kappa shape index (κ2) is 10.5. The summed E-state index contributed by atoms with van der Waals surface area (Å²) in [5.74, 6) is 0.630. The predicted molar refractivity (Wildman–Crippen MR) is 196 cm³/mol. The van der Waals surface area contributed by atoms with Crippen LogP contribution in [0.4, 0.5) is 0 Å². The molecule has 48 heavy (non-hydrogen) atoms. The molecule has 0 aliphatic carbocycles. The minimum absolute atomic E-state index is 0.630. The van der Waals surface area contributed by atoms with Crippen molar-refractivity contribution in [2.45, 2.75) is 0 Å². The molecule has 0 atom stereocenters. The van der Waals surface area contributed by atoms with Gasteiger partial charge in [-0.15, -0.1) is 0 Å². The van der Waals surface area contributed by atoms with Crippen LogP contribution in [0.2, 0.25) is 0 Å². The zero-order valence-electron chi connectivity index (χ0n) is 25.7. The van der Waals surface area contributed by atoms with E-state index in [1.54, 1.807) is 0 Å². The van der Waals surface area contributed by atoms with Crippen molar-refractivity contribution in [2.24, 2.45) is 0 Å². The van der Waals surface area contributed by atoms with Crippen molar-refractivity contribution in [3.63, 3.8) is 0 Å². The molecular weight excluding hydrogens is 588 g/mol. The molecule has 0 amide bonds. The molecule has 0 spiro atoms. The Balaban J connectivity index is 1.36. The third kappa shape index (κ3) is 4.03. The van der Waals surface area contributed by atoms with E-state index in [2.05, 4.69) is 103 Å². The summed E-state index contributed by atoms with van der Waals surface area (Å²) in [4.78, 5) is 10.6. The van der Waals surface area contributed by atoms with Gasteiger partial charge in [-0.1, -0.05) is 133 Å². The Morgan fingerprint density at radius 3 is 1.67 bits per heavy atom. The highest BCUT2D eigenvalue weighted by Gasteiger charge is 2.26. The number of nitrogens with zero attached hydrogens (tertiary/aromatic N) is 2. The fourth-order valence-electron chi connectivity index (χ4n) is 7.14.